The summed E-state index contributed by atoms with van der Waals surface area (Å²) in [5, 5.41) is 5.06. The van der Waals surface area contributed by atoms with Gasteiger partial charge in [-0.2, -0.15) is 0 Å². The highest BCUT2D eigenvalue weighted by Gasteiger charge is 2.25. The third-order valence-corrected chi connectivity index (χ3v) is 11.9. The van der Waals surface area contributed by atoms with Crippen LogP contribution in [-0.2, 0) is 10.8 Å². The average Bonchev–Trinajstić information content (AvgIpc) is 3.19. The van der Waals surface area contributed by atoms with Gasteiger partial charge in [0.2, 0.25) is 0 Å². The standard InChI is InChI=1S/C55H51N/c1-35(2)36-18-25-46(26-19-36)56(45-12-10-9-11-13-45)47-27-20-39-29-50-51(32-40(39)28-47)53-34-42-31-49(38-16-23-44(24-17-38)55(6,7)8)48(30-41(42)33-52(50)53)37-14-21-43(22-15-37)54(3,4)5/h9-35H,1-8H3. The molecule has 0 aromatic heterocycles. The van der Waals surface area contributed by atoms with Gasteiger partial charge in [-0.1, -0.05) is 140 Å². The maximum absolute atomic E-state index is 2.43. The number of para-hydroxylation sites is 1. The maximum Gasteiger partial charge on any atom is 0.0468 e. The Morgan fingerprint density at radius 1 is 0.357 bits per heavy atom. The minimum atomic E-state index is 0.104. The summed E-state index contributed by atoms with van der Waals surface area (Å²) in [4.78, 5) is 2.37. The molecule has 0 N–H and O–H groups in total. The van der Waals surface area contributed by atoms with Crippen molar-refractivity contribution in [3.63, 3.8) is 0 Å². The van der Waals surface area contributed by atoms with Crippen LogP contribution in [0.4, 0.5) is 17.1 Å². The molecule has 8 aromatic carbocycles. The highest BCUT2D eigenvalue weighted by molar-refractivity contribution is 6.13. The van der Waals surface area contributed by atoms with Crippen molar-refractivity contribution in [3.05, 3.63) is 174 Å². The second-order valence-corrected chi connectivity index (χ2v) is 18.1. The molecule has 0 atom stereocenters. The van der Waals surface area contributed by atoms with Gasteiger partial charge in [0.15, 0.2) is 0 Å². The molecule has 1 aliphatic carbocycles. The Morgan fingerprint density at radius 3 is 1.20 bits per heavy atom. The molecule has 276 valence electrons. The van der Waals surface area contributed by atoms with Crippen molar-refractivity contribution in [1.82, 2.24) is 0 Å². The van der Waals surface area contributed by atoms with Crippen molar-refractivity contribution in [2.75, 3.05) is 4.90 Å². The lowest BCUT2D eigenvalue weighted by Crippen LogP contribution is -2.10. The molecule has 0 fully saturated rings. The summed E-state index contributed by atoms with van der Waals surface area (Å²) in [6.45, 7) is 18.2. The topological polar surface area (TPSA) is 3.24 Å². The van der Waals surface area contributed by atoms with Crippen LogP contribution in [0.1, 0.15) is 78.0 Å². The molecule has 0 aliphatic heterocycles. The van der Waals surface area contributed by atoms with Crippen molar-refractivity contribution in [2.24, 2.45) is 0 Å². The predicted molar refractivity (Wildman–Crippen MR) is 243 cm³/mol. The molecule has 0 heterocycles. The first-order valence-corrected chi connectivity index (χ1v) is 20.2. The number of hydrogen-bond donors (Lipinski definition) is 0. The van der Waals surface area contributed by atoms with Gasteiger partial charge in [-0.25, -0.2) is 0 Å². The maximum atomic E-state index is 2.43. The van der Waals surface area contributed by atoms with Gasteiger partial charge in [-0.05, 0) is 172 Å². The van der Waals surface area contributed by atoms with Crippen LogP contribution < -0.4 is 4.90 Å². The second kappa shape index (κ2) is 13.4. The molecular weight excluding hydrogens is 675 g/mol. The lowest BCUT2D eigenvalue weighted by atomic mass is 9.77. The van der Waals surface area contributed by atoms with Crippen LogP contribution >= 0.6 is 0 Å². The Hall–Kier alpha value is -5.92. The Balaban J connectivity index is 1.14. The summed E-state index contributed by atoms with van der Waals surface area (Å²) in [6.07, 6.45) is 0. The second-order valence-electron chi connectivity index (χ2n) is 18.1. The third-order valence-electron chi connectivity index (χ3n) is 11.9. The molecule has 0 unspecified atom stereocenters. The van der Waals surface area contributed by atoms with Crippen molar-refractivity contribution in [2.45, 2.75) is 72.1 Å². The van der Waals surface area contributed by atoms with Gasteiger partial charge in [0.25, 0.3) is 0 Å². The fraction of sp³-hybridized carbons (Fsp3) is 0.200. The van der Waals surface area contributed by atoms with Crippen molar-refractivity contribution < 1.29 is 0 Å². The highest BCUT2D eigenvalue weighted by Crippen LogP contribution is 2.52. The van der Waals surface area contributed by atoms with E-state index in [9.17, 15) is 0 Å². The molecular formula is C55H51N. The predicted octanol–water partition coefficient (Wildman–Crippen LogP) is 16.2. The lowest BCUT2D eigenvalue weighted by molar-refractivity contribution is 0.590. The van der Waals surface area contributed by atoms with E-state index in [1.165, 1.54) is 82.7 Å². The van der Waals surface area contributed by atoms with Gasteiger partial charge in [-0.15, -0.1) is 0 Å². The molecule has 9 rings (SSSR count). The zero-order valence-corrected chi connectivity index (χ0v) is 34.0. The summed E-state index contributed by atoms with van der Waals surface area (Å²) in [6, 6.07) is 59.6. The summed E-state index contributed by atoms with van der Waals surface area (Å²) in [5.74, 6) is 0.493. The highest BCUT2D eigenvalue weighted by atomic mass is 15.1. The Morgan fingerprint density at radius 2 is 0.750 bits per heavy atom. The molecule has 0 radical (unpaired) electrons. The van der Waals surface area contributed by atoms with Crippen molar-refractivity contribution in [1.29, 1.82) is 0 Å². The molecule has 1 nitrogen and oxygen atoms in total. The number of nitrogens with zero attached hydrogens (tertiary/aromatic N) is 1. The van der Waals surface area contributed by atoms with Crippen LogP contribution in [0, 0.1) is 0 Å². The first kappa shape index (κ1) is 35.8. The van der Waals surface area contributed by atoms with E-state index >= 15 is 0 Å². The van der Waals surface area contributed by atoms with Crippen LogP contribution in [0.3, 0.4) is 0 Å². The van der Waals surface area contributed by atoms with Crippen molar-refractivity contribution >= 4 is 38.6 Å². The normalized spacial score (nSPS) is 12.4. The van der Waals surface area contributed by atoms with E-state index < -0.39 is 0 Å². The number of anilines is 3. The summed E-state index contributed by atoms with van der Waals surface area (Å²) >= 11 is 0. The van der Waals surface area contributed by atoms with Crippen molar-refractivity contribution in [3.8, 4) is 44.5 Å². The summed E-state index contributed by atoms with van der Waals surface area (Å²) < 4.78 is 0. The molecule has 0 saturated heterocycles. The third kappa shape index (κ3) is 6.40. The van der Waals surface area contributed by atoms with Gasteiger partial charge < -0.3 is 4.90 Å². The minimum absolute atomic E-state index is 0.104. The monoisotopic (exact) mass is 725 g/mol. The average molecular weight is 726 g/mol. The number of benzene rings is 8. The number of fused-ring (bicyclic) bond motifs is 6. The first-order valence-electron chi connectivity index (χ1n) is 20.2. The van der Waals surface area contributed by atoms with Gasteiger partial charge >= 0.3 is 0 Å². The smallest absolute Gasteiger partial charge is 0.0468 e. The van der Waals surface area contributed by atoms with Crippen LogP contribution in [0.5, 0.6) is 0 Å². The first-order chi connectivity index (χ1) is 26.8. The van der Waals surface area contributed by atoms with Crippen LogP contribution in [0.2, 0.25) is 0 Å². The molecule has 0 amide bonds. The fourth-order valence-corrected chi connectivity index (χ4v) is 8.41. The fourth-order valence-electron chi connectivity index (χ4n) is 8.41. The summed E-state index contributed by atoms with van der Waals surface area (Å²) in [7, 11) is 0. The van der Waals surface area contributed by atoms with E-state index in [1.807, 2.05) is 0 Å². The van der Waals surface area contributed by atoms with Gasteiger partial charge in [0.1, 0.15) is 0 Å². The Labute approximate surface area is 333 Å². The Bertz CT molecular complexity index is 2740. The van der Waals surface area contributed by atoms with E-state index in [0.717, 1.165) is 17.1 Å². The van der Waals surface area contributed by atoms with E-state index in [4.69, 9.17) is 0 Å². The number of rotatable bonds is 6. The van der Waals surface area contributed by atoms with Gasteiger partial charge in [0, 0.05) is 17.1 Å². The molecule has 56 heavy (non-hydrogen) atoms. The zero-order chi connectivity index (χ0) is 38.9. The van der Waals surface area contributed by atoms with Gasteiger partial charge in [-0.3, -0.25) is 0 Å². The molecule has 0 saturated carbocycles. The van der Waals surface area contributed by atoms with Gasteiger partial charge in [0.05, 0.1) is 0 Å². The Kier molecular flexibility index (Phi) is 8.55. The molecule has 0 spiro atoms. The zero-order valence-electron chi connectivity index (χ0n) is 34.0. The molecule has 1 heteroatoms. The van der Waals surface area contributed by atoms with E-state index in [0.29, 0.717) is 5.92 Å². The van der Waals surface area contributed by atoms with E-state index in [1.54, 1.807) is 0 Å². The molecule has 8 aromatic rings. The SMILES string of the molecule is CC(C)c1ccc(N(c2ccccc2)c2ccc3cc4c(cc3c2)-c2cc3cc(-c5ccc(C(C)(C)C)cc5)c(-c5ccc(C(C)(C)C)cc5)cc3cc2-4)cc1. The van der Waals surface area contributed by atoms with E-state index in [-0.39, 0.29) is 10.8 Å². The summed E-state index contributed by atoms with van der Waals surface area (Å²) in [5.41, 5.74) is 18.1. The van der Waals surface area contributed by atoms with E-state index in [2.05, 4.69) is 218 Å². The lowest BCUT2D eigenvalue weighted by Gasteiger charge is -2.28. The molecule has 1 aliphatic rings. The van der Waals surface area contributed by atoms with Crippen LogP contribution in [-0.4, -0.2) is 0 Å². The van der Waals surface area contributed by atoms with Crippen LogP contribution in [0.25, 0.3) is 66.1 Å². The molecule has 0 bridgehead atoms. The minimum Gasteiger partial charge on any atom is -0.310 e. The quantitative estimate of drug-likeness (QED) is 0.165. The van der Waals surface area contributed by atoms with Crippen LogP contribution in [0.15, 0.2) is 158 Å². The largest absolute Gasteiger partial charge is 0.310 e. The number of hydrogen-bond acceptors (Lipinski definition) is 1.